The molecule has 0 heterocycles. The van der Waals surface area contributed by atoms with Gasteiger partial charge in [0.25, 0.3) is 5.91 Å². The third-order valence-electron chi connectivity index (χ3n) is 1.55. The van der Waals surface area contributed by atoms with Crippen molar-refractivity contribution in [1.82, 2.24) is 0 Å². The van der Waals surface area contributed by atoms with Crippen LogP contribution >= 0.6 is 0 Å². The first-order chi connectivity index (χ1) is 6.43. The number of carbonyl (C=O) groups is 1. The Balaban J connectivity index is 3.52. The number of benzene rings is 1. The second-order valence-electron chi connectivity index (χ2n) is 2.51. The summed E-state index contributed by atoms with van der Waals surface area (Å²) in [6.45, 7) is 0. The Labute approximate surface area is 77.5 Å². The quantitative estimate of drug-likeness (QED) is 0.408. The summed E-state index contributed by atoms with van der Waals surface area (Å²) >= 11 is 0. The monoisotopic (exact) mass is 199 g/mol. The molecule has 0 aliphatic rings. The van der Waals surface area contributed by atoms with E-state index >= 15 is 0 Å². The molecule has 4 N–H and O–H groups in total. The number of halogens is 1. The van der Waals surface area contributed by atoms with Gasteiger partial charge in [-0.25, -0.2) is 4.39 Å². The highest BCUT2D eigenvalue weighted by molar-refractivity contribution is 5.99. The molecule has 7 heteroatoms. The van der Waals surface area contributed by atoms with Gasteiger partial charge < -0.3 is 11.5 Å². The van der Waals surface area contributed by atoms with Gasteiger partial charge >= 0.3 is 5.69 Å². The lowest BCUT2D eigenvalue weighted by atomic mass is 10.1. The van der Waals surface area contributed by atoms with Gasteiger partial charge in [0, 0.05) is 6.07 Å². The summed E-state index contributed by atoms with van der Waals surface area (Å²) in [5, 5.41) is 10.5. The van der Waals surface area contributed by atoms with Crippen LogP contribution in [0.5, 0.6) is 0 Å². The molecule has 0 aromatic heterocycles. The number of nitrogen functional groups attached to an aromatic ring is 1. The lowest BCUT2D eigenvalue weighted by molar-refractivity contribution is -0.384. The van der Waals surface area contributed by atoms with Crippen LogP contribution in [-0.4, -0.2) is 10.8 Å². The summed E-state index contributed by atoms with van der Waals surface area (Å²) in [5.41, 5.74) is 8.37. The zero-order valence-electron chi connectivity index (χ0n) is 6.86. The second kappa shape index (κ2) is 3.29. The molecule has 6 nitrogen and oxygen atoms in total. The van der Waals surface area contributed by atoms with E-state index in [-0.39, 0.29) is 0 Å². The Morgan fingerprint density at radius 3 is 2.50 bits per heavy atom. The van der Waals surface area contributed by atoms with Crippen LogP contribution in [0.2, 0.25) is 0 Å². The molecule has 74 valence electrons. The van der Waals surface area contributed by atoms with Crippen LogP contribution in [0.4, 0.5) is 15.8 Å². The zero-order chi connectivity index (χ0) is 10.9. The molecule has 0 atom stereocenters. The maximum Gasteiger partial charge on any atom is 0.305 e. The average Bonchev–Trinajstić information content (AvgIpc) is 2.01. The summed E-state index contributed by atoms with van der Waals surface area (Å²) < 4.78 is 12.7. The molecule has 1 aromatic carbocycles. The van der Waals surface area contributed by atoms with E-state index in [1.165, 1.54) is 0 Å². The van der Waals surface area contributed by atoms with Gasteiger partial charge in [-0.1, -0.05) is 0 Å². The van der Waals surface area contributed by atoms with Crippen molar-refractivity contribution in [2.45, 2.75) is 0 Å². The van der Waals surface area contributed by atoms with Gasteiger partial charge in [-0.2, -0.15) is 0 Å². The number of nitrogens with two attached hydrogens (primary N) is 2. The minimum absolute atomic E-state index is 0.427. The molecule has 0 bridgehead atoms. The van der Waals surface area contributed by atoms with Crippen LogP contribution in [0.1, 0.15) is 10.4 Å². The summed E-state index contributed by atoms with van der Waals surface area (Å²) in [5.74, 6) is -1.94. The fourth-order valence-corrected chi connectivity index (χ4v) is 1.01. The predicted molar refractivity (Wildman–Crippen MR) is 46.0 cm³/mol. The van der Waals surface area contributed by atoms with Gasteiger partial charge in [-0.3, -0.25) is 14.9 Å². The second-order valence-corrected chi connectivity index (χ2v) is 2.51. The standard InChI is InChI=1S/C7H6FN3O3/c8-3-1-4(7(10)12)6(11(13)14)5(9)2-3/h1-2H,9H2,(H2,10,12). The smallest absolute Gasteiger partial charge is 0.305 e. The summed E-state index contributed by atoms with van der Waals surface area (Å²) in [7, 11) is 0. The first-order valence-electron chi connectivity index (χ1n) is 3.46. The topological polar surface area (TPSA) is 112 Å². The van der Waals surface area contributed by atoms with Gasteiger partial charge in [-0.05, 0) is 6.07 Å². The van der Waals surface area contributed by atoms with Crippen LogP contribution in [0.3, 0.4) is 0 Å². The summed E-state index contributed by atoms with van der Waals surface area (Å²) in [6.07, 6.45) is 0. The van der Waals surface area contributed by atoms with E-state index in [2.05, 4.69) is 0 Å². The van der Waals surface area contributed by atoms with Crippen molar-refractivity contribution < 1.29 is 14.1 Å². The largest absolute Gasteiger partial charge is 0.393 e. The first-order valence-corrected chi connectivity index (χ1v) is 3.46. The number of nitrogens with zero attached hydrogens (tertiary/aromatic N) is 1. The molecule has 14 heavy (non-hydrogen) atoms. The highest BCUT2D eigenvalue weighted by atomic mass is 19.1. The van der Waals surface area contributed by atoms with Crippen molar-refractivity contribution in [2.75, 3.05) is 5.73 Å². The van der Waals surface area contributed by atoms with Gasteiger partial charge in [0.05, 0.1) is 4.92 Å². The van der Waals surface area contributed by atoms with Crippen LogP contribution in [0, 0.1) is 15.9 Å². The predicted octanol–water partition coefficient (Wildman–Crippen LogP) is 0.415. The third-order valence-corrected chi connectivity index (χ3v) is 1.55. The van der Waals surface area contributed by atoms with E-state index in [0.717, 1.165) is 6.07 Å². The molecule has 0 saturated carbocycles. The number of carbonyl (C=O) groups excluding carboxylic acids is 1. The molecule has 0 radical (unpaired) electrons. The van der Waals surface area contributed by atoms with E-state index in [0.29, 0.717) is 6.07 Å². The Morgan fingerprint density at radius 2 is 2.07 bits per heavy atom. The number of hydrogen-bond acceptors (Lipinski definition) is 4. The Hall–Kier alpha value is -2.18. The molecular formula is C7H6FN3O3. The summed E-state index contributed by atoms with van der Waals surface area (Å²) in [6, 6.07) is 1.43. The van der Waals surface area contributed by atoms with Gasteiger partial charge in [0.2, 0.25) is 0 Å². The number of rotatable bonds is 2. The van der Waals surface area contributed by atoms with Crippen molar-refractivity contribution in [3.8, 4) is 0 Å². The average molecular weight is 199 g/mol. The highest BCUT2D eigenvalue weighted by Crippen LogP contribution is 2.26. The number of amides is 1. The fraction of sp³-hybridized carbons (Fsp3) is 0. The molecule has 1 rings (SSSR count). The summed E-state index contributed by atoms with van der Waals surface area (Å²) in [4.78, 5) is 20.3. The molecule has 0 aliphatic carbocycles. The van der Waals surface area contributed by atoms with E-state index in [1.54, 1.807) is 0 Å². The van der Waals surface area contributed by atoms with E-state index in [9.17, 15) is 19.3 Å². The Morgan fingerprint density at radius 1 is 1.50 bits per heavy atom. The van der Waals surface area contributed by atoms with Crippen molar-refractivity contribution in [3.05, 3.63) is 33.6 Å². The lowest BCUT2D eigenvalue weighted by Gasteiger charge is -2.01. The number of nitro benzene ring substituents is 1. The van der Waals surface area contributed by atoms with Crippen LogP contribution in [0.15, 0.2) is 12.1 Å². The SMILES string of the molecule is NC(=O)c1cc(F)cc(N)c1[N+](=O)[O-]. The van der Waals surface area contributed by atoms with E-state index in [4.69, 9.17) is 11.5 Å². The minimum Gasteiger partial charge on any atom is -0.393 e. The van der Waals surface area contributed by atoms with Gasteiger partial charge in [-0.15, -0.1) is 0 Å². The maximum atomic E-state index is 12.7. The number of primary amides is 1. The van der Waals surface area contributed by atoms with Crippen molar-refractivity contribution in [1.29, 1.82) is 0 Å². The molecular weight excluding hydrogens is 193 g/mol. The van der Waals surface area contributed by atoms with Crippen molar-refractivity contribution >= 4 is 17.3 Å². The molecule has 0 unspecified atom stereocenters. The molecule has 1 aromatic rings. The van der Waals surface area contributed by atoms with Gasteiger partial charge in [0.1, 0.15) is 17.1 Å². The maximum absolute atomic E-state index is 12.7. The Bertz CT molecular complexity index is 419. The molecule has 0 saturated heterocycles. The van der Waals surface area contributed by atoms with Gasteiger partial charge in [0.15, 0.2) is 0 Å². The van der Waals surface area contributed by atoms with Crippen LogP contribution in [-0.2, 0) is 0 Å². The van der Waals surface area contributed by atoms with Crippen LogP contribution < -0.4 is 11.5 Å². The molecule has 0 aliphatic heterocycles. The van der Waals surface area contributed by atoms with E-state index < -0.39 is 33.6 Å². The molecule has 0 spiro atoms. The first kappa shape index (κ1) is 9.90. The van der Waals surface area contributed by atoms with Crippen LogP contribution in [0.25, 0.3) is 0 Å². The lowest BCUT2D eigenvalue weighted by Crippen LogP contribution is -2.15. The highest BCUT2D eigenvalue weighted by Gasteiger charge is 2.23. The van der Waals surface area contributed by atoms with Crippen molar-refractivity contribution in [3.63, 3.8) is 0 Å². The fourth-order valence-electron chi connectivity index (χ4n) is 1.01. The minimum atomic E-state index is -1.09. The molecule has 0 fully saturated rings. The van der Waals surface area contributed by atoms with Crippen molar-refractivity contribution in [2.24, 2.45) is 5.73 Å². The Kier molecular flexibility index (Phi) is 2.32. The third kappa shape index (κ3) is 1.60. The zero-order valence-corrected chi connectivity index (χ0v) is 6.86. The number of nitro groups is 1. The van der Waals surface area contributed by atoms with E-state index in [1.807, 2.05) is 0 Å². The number of hydrogen-bond donors (Lipinski definition) is 2. The number of anilines is 1. The molecule has 1 amide bonds. The normalized spacial score (nSPS) is 9.79.